The highest BCUT2D eigenvalue weighted by atomic mass is 16.5. The average molecular weight is 251 g/mol. The van der Waals surface area contributed by atoms with Crippen molar-refractivity contribution < 1.29 is 19.1 Å². The summed E-state index contributed by atoms with van der Waals surface area (Å²) in [6, 6.07) is 3.50. The number of ether oxygens (including phenoxy) is 2. The Morgan fingerprint density at radius 3 is 2.22 bits per heavy atom. The molecule has 0 aliphatic carbocycles. The number of nitrogens with zero attached hydrogens (tertiary/aromatic N) is 1. The molecule has 5 heteroatoms. The first-order valence-corrected chi connectivity index (χ1v) is 5.44. The van der Waals surface area contributed by atoms with Crippen LogP contribution in [0.2, 0.25) is 0 Å². The molecule has 0 saturated heterocycles. The minimum absolute atomic E-state index is 0.656. The molecule has 0 fully saturated rings. The smallest absolute Gasteiger partial charge is 0.397 e. The van der Waals surface area contributed by atoms with Crippen LogP contribution in [-0.2, 0) is 14.3 Å². The van der Waals surface area contributed by atoms with E-state index in [1.54, 1.807) is 19.2 Å². The molecule has 0 aliphatic heterocycles. The van der Waals surface area contributed by atoms with Crippen LogP contribution in [0.3, 0.4) is 0 Å². The number of hydrogen-bond donors (Lipinski definition) is 0. The predicted molar refractivity (Wildman–Crippen MR) is 67.9 cm³/mol. The Kier molecular flexibility index (Phi) is 4.31. The van der Waals surface area contributed by atoms with E-state index in [9.17, 15) is 9.59 Å². The van der Waals surface area contributed by atoms with Crippen molar-refractivity contribution in [3.63, 3.8) is 0 Å². The van der Waals surface area contributed by atoms with Crippen LogP contribution in [0, 0.1) is 13.8 Å². The zero-order valence-electron chi connectivity index (χ0n) is 11.2. The summed E-state index contributed by atoms with van der Waals surface area (Å²) in [5.41, 5.74) is 2.47. The number of esters is 1. The fourth-order valence-electron chi connectivity index (χ4n) is 1.70. The van der Waals surface area contributed by atoms with Crippen molar-refractivity contribution in [3.8, 4) is 5.75 Å². The van der Waals surface area contributed by atoms with Crippen molar-refractivity contribution in [2.75, 3.05) is 26.2 Å². The lowest BCUT2D eigenvalue weighted by molar-refractivity contribution is -0.151. The van der Waals surface area contributed by atoms with Gasteiger partial charge in [0.25, 0.3) is 0 Å². The van der Waals surface area contributed by atoms with Crippen molar-refractivity contribution in [1.82, 2.24) is 0 Å². The molecular formula is C13H17NO4. The topological polar surface area (TPSA) is 55.8 Å². The second-order valence-corrected chi connectivity index (χ2v) is 3.89. The van der Waals surface area contributed by atoms with Crippen LogP contribution in [0.1, 0.15) is 11.1 Å². The number of carbonyl (C=O) groups is 2. The lowest BCUT2D eigenvalue weighted by atomic mass is 10.1. The van der Waals surface area contributed by atoms with Crippen LogP contribution >= 0.6 is 0 Å². The van der Waals surface area contributed by atoms with Gasteiger partial charge in [0.1, 0.15) is 5.75 Å². The lowest BCUT2D eigenvalue weighted by Gasteiger charge is -2.20. The number of hydrogen-bond acceptors (Lipinski definition) is 4. The fourth-order valence-corrected chi connectivity index (χ4v) is 1.70. The molecule has 0 atom stereocenters. The normalized spacial score (nSPS) is 9.83. The Labute approximate surface area is 106 Å². The van der Waals surface area contributed by atoms with Crippen LogP contribution in [0.25, 0.3) is 0 Å². The molecule has 0 N–H and O–H groups in total. The van der Waals surface area contributed by atoms with E-state index in [-0.39, 0.29) is 0 Å². The first-order valence-electron chi connectivity index (χ1n) is 5.44. The van der Waals surface area contributed by atoms with Gasteiger partial charge in [-0.05, 0) is 37.1 Å². The monoisotopic (exact) mass is 251 g/mol. The molecule has 0 spiro atoms. The Balaban J connectivity index is 3.15. The minimum atomic E-state index is -0.884. The molecule has 5 nitrogen and oxygen atoms in total. The number of rotatable bonds is 2. The van der Waals surface area contributed by atoms with E-state index in [2.05, 4.69) is 4.74 Å². The number of amides is 1. The van der Waals surface area contributed by atoms with Gasteiger partial charge in [-0.15, -0.1) is 0 Å². The summed E-state index contributed by atoms with van der Waals surface area (Å²) in [5, 5.41) is 0. The molecule has 0 bridgehead atoms. The zero-order chi connectivity index (χ0) is 13.9. The van der Waals surface area contributed by atoms with Crippen LogP contribution in [0.15, 0.2) is 12.1 Å². The Morgan fingerprint density at radius 1 is 1.11 bits per heavy atom. The summed E-state index contributed by atoms with van der Waals surface area (Å²) in [7, 11) is 4.30. The van der Waals surface area contributed by atoms with E-state index >= 15 is 0 Å². The van der Waals surface area contributed by atoms with Gasteiger partial charge in [-0.3, -0.25) is 4.79 Å². The average Bonchev–Trinajstić information content (AvgIpc) is 2.39. The van der Waals surface area contributed by atoms with Gasteiger partial charge in [0, 0.05) is 12.7 Å². The molecule has 1 amide bonds. The SMILES string of the molecule is COC(=O)C(=O)N(C)c1ccc(OC)c(C)c1C. The molecule has 0 heterocycles. The molecule has 1 aromatic carbocycles. The second-order valence-electron chi connectivity index (χ2n) is 3.89. The maximum Gasteiger partial charge on any atom is 0.397 e. The van der Waals surface area contributed by atoms with E-state index in [0.29, 0.717) is 5.69 Å². The molecule has 1 aromatic rings. The highest BCUT2D eigenvalue weighted by Gasteiger charge is 2.22. The number of anilines is 1. The Hall–Kier alpha value is -2.04. The highest BCUT2D eigenvalue weighted by Crippen LogP contribution is 2.29. The second kappa shape index (κ2) is 5.53. The number of carbonyl (C=O) groups excluding carboxylic acids is 2. The summed E-state index contributed by atoms with van der Waals surface area (Å²) in [5.74, 6) is -0.842. The maximum absolute atomic E-state index is 11.7. The van der Waals surface area contributed by atoms with Crippen molar-refractivity contribution in [1.29, 1.82) is 0 Å². The predicted octanol–water partition coefficient (Wildman–Crippen LogP) is 1.45. The van der Waals surface area contributed by atoms with Crippen LogP contribution in [0.4, 0.5) is 5.69 Å². The van der Waals surface area contributed by atoms with E-state index < -0.39 is 11.9 Å². The third kappa shape index (κ3) is 2.45. The van der Waals surface area contributed by atoms with E-state index in [1.165, 1.54) is 19.1 Å². The molecule has 18 heavy (non-hydrogen) atoms. The largest absolute Gasteiger partial charge is 0.496 e. The van der Waals surface area contributed by atoms with Gasteiger partial charge in [-0.25, -0.2) is 4.79 Å². The minimum Gasteiger partial charge on any atom is -0.496 e. The van der Waals surface area contributed by atoms with Crippen LogP contribution in [0.5, 0.6) is 5.75 Å². The van der Waals surface area contributed by atoms with Crippen LogP contribution in [-0.4, -0.2) is 33.1 Å². The number of methoxy groups -OCH3 is 2. The third-order valence-electron chi connectivity index (χ3n) is 2.95. The maximum atomic E-state index is 11.7. The van der Waals surface area contributed by atoms with E-state index in [4.69, 9.17) is 4.74 Å². The highest BCUT2D eigenvalue weighted by molar-refractivity contribution is 6.38. The van der Waals surface area contributed by atoms with Crippen LogP contribution < -0.4 is 9.64 Å². The first kappa shape index (κ1) is 14.0. The van der Waals surface area contributed by atoms with Gasteiger partial charge < -0.3 is 14.4 Å². The number of likely N-dealkylation sites (N-methyl/N-ethyl adjacent to an activating group) is 1. The third-order valence-corrected chi connectivity index (χ3v) is 2.95. The molecule has 98 valence electrons. The van der Waals surface area contributed by atoms with Gasteiger partial charge in [0.2, 0.25) is 0 Å². The van der Waals surface area contributed by atoms with Gasteiger partial charge in [-0.2, -0.15) is 0 Å². The van der Waals surface area contributed by atoms with E-state index in [1.807, 2.05) is 13.8 Å². The van der Waals surface area contributed by atoms with Crippen molar-refractivity contribution in [3.05, 3.63) is 23.3 Å². The summed E-state index contributed by atoms with van der Waals surface area (Å²) in [6.45, 7) is 3.77. The molecule has 0 aromatic heterocycles. The van der Waals surface area contributed by atoms with Gasteiger partial charge in [0.15, 0.2) is 0 Å². The molecular weight excluding hydrogens is 234 g/mol. The molecule has 1 rings (SSSR count). The number of benzene rings is 1. The quantitative estimate of drug-likeness (QED) is 0.589. The first-order chi connectivity index (χ1) is 8.43. The molecule has 0 radical (unpaired) electrons. The summed E-state index contributed by atoms with van der Waals surface area (Å²) < 4.78 is 9.61. The van der Waals surface area contributed by atoms with Gasteiger partial charge >= 0.3 is 11.9 Å². The molecule has 0 saturated carbocycles. The fraction of sp³-hybridized carbons (Fsp3) is 0.385. The van der Waals surface area contributed by atoms with Gasteiger partial charge in [-0.1, -0.05) is 0 Å². The summed E-state index contributed by atoms with van der Waals surface area (Å²) >= 11 is 0. The zero-order valence-corrected chi connectivity index (χ0v) is 11.2. The summed E-state index contributed by atoms with van der Waals surface area (Å²) in [4.78, 5) is 24.2. The lowest BCUT2D eigenvalue weighted by Crippen LogP contribution is -2.34. The van der Waals surface area contributed by atoms with Crippen molar-refractivity contribution >= 4 is 17.6 Å². The Bertz CT molecular complexity index is 482. The molecule has 0 unspecified atom stereocenters. The van der Waals surface area contributed by atoms with Crippen molar-refractivity contribution in [2.45, 2.75) is 13.8 Å². The van der Waals surface area contributed by atoms with E-state index in [0.717, 1.165) is 16.9 Å². The van der Waals surface area contributed by atoms with Gasteiger partial charge in [0.05, 0.1) is 14.2 Å². The van der Waals surface area contributed by atoms with Crippen molar-refractivity contribution in [2.24, 2.45) is 0 Å². The standard InChI is InChI=1S/C13H17NO4/c1-8-9(2)11(17-4)7-6-10(8)14(3)12(15)13(16)18-5/h6-7H,1-5H3. The Morgan fingerprint density at radius 2 is 1.72 bits per heavy atom. The summed E-state index contributed by atoms with van der Waals surface area (Å²) in [6.07, 6.45) is 0. The molecule has 0 aliphatic rings.